The van der Waals surface area contributed by atoms with E-state index < -0.39 is 0 Å². The van der Waals surface area contributed by atoms with Crippen molar-refractivity contribution in [3.63, 3.8) is 0 Å². The Morgan fingerprint density at radius 2 is 1.25 bits per heavy atom. The van der Waals surface area contributed by atoms with Gasteiger partial charge in [0.1, 0.15) is 5.75 Å². The van der Waals surface area contributed by atoms with Crippen LogP contribution in [0.4, 0.5) is 11.4 Å². The van der Waals surface area contributed by atoms with Crippen LogP contribution in [0.2, 0.25) is 0 Å². The van der Waals surface area contributed by atoms with Crippen molar-refractivity contribution < 1.29 is 4.74 Å². The van der Waals surface area contributed by atoms with Crippen LogP contribution in [-0.2, 0) is 0 Å². The second-order valence-corrected chi connectivity index (χ2v) is 7.10. The molecule has 0 radical (unpaired) electrons. The van der Waals surface area contributed by atoms with Gasteiger partial charge in [-0.05, 0) is 78.2 Å². The predicted octanol–water partition coefficient (Wildman–Crippen LogP) is 6.98. The Hall–Kier alpha value is -3.26. The van der Waals surface area contributed by atoms with E-state index in [0.717, 1.165) is 17.1 Å². The molecule has 0 aromatic heterocycles. The van der Waals surface area contributed by atoms with Crippen LogP contribution < -0.4 is 9.64 Å². The van der Waals surface area contributed by atoms with E-state index in [9.17, 15) is 0 Å². The molecule has 0 spiro atoms. The molecule has 140 valence electrons. The van der Waals surface area contributed by atoms with Crippen molar-refractivity contribution in [2.75, 3.05) is 18.6 Å². The minimum Gasteiger partial charge on any atom is -0.494 e. The fourth-order valence-corrected chi connectivity index (χ4v) is 3.50. The second-order valence-electron chi connectivity index (χ2n) is 7.10. The topological polar surface area (TPSA) is 12.5 Å². The number of fused-ring (bicyclic) bond motifs is 1. The summed E-state index contributed by atoms with van der Waals surface area (Å²) in [6, 6.07) is 30.2. The zero-order chi connectivity index (χ0) is 19.5. The maximum atomic E-state index is 5.53. The summed E-state index contributed by atoms with van der Waals surface area (Å²) in [4.78, 5) is 2.18. The molecule has 0 unspecified atom stereocenters. The van der Waals surface area contributed by atoms with Crippen molar-refractivity contribution in [3.8, 4) is 16.9 Å². The minimum absolute atomic E-state index is 0.686. The highest BCUT2D eigenvalue weighted by molar-refractivity contribution is 5.88. The van der Waals surface area contributed by atoms with Gasteiger partial charge in [0, 0.05) is 18.4 Å². The third-order valence-corrected chi connectivity index (χ3v) is 5.12. The molecule has 4 aromatic rings. The smallest absolute Gasteiger partial charge is 0.119 e. The molecule has 28 heavy (non-hydrogen) atoms. The van der Waals surface area contributed by atoms with E-state index in [-0.39, 0.29) is 0 Å². The summed E-state index contributed by atoms with van der Waals surface area (Å²) in [6.45, 7) is 4.82. The van der Waals surface area contributed by atoms with Gasteiger partial charge in [-0.15, -0.1) is 0 Å². The Morgan fingerprint density at radius 1 is 0.679 bits per heavy atom. The lowest BCUT2D eigenvalue weighted by molar-refractivity contribution is 0.340. The summed E-state index contributed by atoms with van der Waals surface area (Å²) >= 11 is 0. The minimum atomic E-state index is 0.686. The Morgan fingerprint density at radius 3 is 1.93 bits per heavy atom. The number of nitrogens with zero attached hydrogens (tertiary/aromatic N) is 1. The largest absolute Gasteiger partial charge is 0.494 e. The fraction of sp³-hybridized carbons (Fsp3) is 0.154. The molecular weight excluding hydrogens is 342 g/mol. The zero-order valence-corrected chi connectivity index (χ0v) is 16.6. The van der Waals surface area contributed by atoms with Crippen LogP contribution in [0.25, 0.3) is 21.9 Å². The first-order valence-corrected chi connectivity index (χ1v) is 9.71. The molecule has 0 aliphatic heterocycles. The molecule has 0 amide bonds. The van der Waals surface area contributed by atoms with Gasteiger partial charge >= 0.3 is 0 Å². The fourth-order valence-electron chi connectivity index (χ4n) is 3.50. The monoisotopic (exact) mass is 367 g/mol. The summed E-state index contributed by atoms with van der Waals surface area (Å²) in [5, 5.41) is 2.56. The van der Waals surface area contributed by atoms with E-state index in [4.69, 9.17) is 4.74 Å². The van der Waals surface area contributed by atoms with E-state index in [1.165, 1.54) is 27.5 Å². The number of benzene rings is 4. The first-order chi connectivity index (χ1) is 13.6. The highest BCUT2D eigenvalue weighted by Crippen LogP contribution is 2.30. The maximum absolute atomic E-state index is 5.53. The summed E-state index contributed by atoms with van der Waals surface area (Å²) in [5.74, 6) is 0.904. The Kier molecular flexibility index (Phi) is 5.03. The number of rotatable bonds is 5. The number of hydrogen-bond donors (Lipinski definition) is 0. The van der Waals surface area contributed by atoms with Gasteiger partial charge in [-0.25, -0.2) is 0 Å². The van der Waals surface area contributed by atoms with E-state index in [0.29, 0.717) is 6.61 Å². The normalized spacial score (nSPS) is 10.8. The first kappa shape index (κ1) is 18.1. The van der Waals surface area contributed by atoms with Crippen molar-refractivity contribution in [3.05, 3.63) is 90.5 Å². The molecule has 0 heterocycles. The van der Waals surface area contributed by atoms with Crippen molar-refractivity contribution in [2.45, 2.75) is 13.8 Å². The average molecular weight is 367 g/mol. The summed E-state index contributed by atoms with van der Waals surface area (Å²) in [5.41, 5.74) is 6.06. The van der Waals surface area contributed by atoms with Crippen molar-refractivity contribution in [1.29, 1.82) is 0 Å². The standard InChI is InChI=1S/C26H25NO/c1-4-28-26-15-13-25(14-16-26)27(3)24-11-9-20(10-12-24)22-8-7-21-17-19(2)5-6-23(21)18-22/h5-18H,4H2,1-3H3. The first-order valence-electron chi connectivity index (χ1n) is 9.71. The third kappa shape index (κ3) is 3.72. The van der Waals surface area contributed by atoms with Crippen LogP contribution in [0.5, 0.6) is 5.75 Å². The lowest BCUT2D eigenvalue weighted by atomic mass is 10.00. The predicted molar refractivity (Wildman–Crippen MR) is 120 cm³/mol. The van der Waals surface area contributed by atoms with Gasteiger partial charge in [0.25, 0.3) is 0 Å². The van der Waals surface area contributed by atoms with Crippen LogP contribution in [0, 0.1) is 6.92 Å². The highest BCUT2D eigenvalue weighted by Gasteiger charge is 2.06. The van der Waals surface area contributed by atoms with E-state index in [2.05, 4.69) is 91.7 Å². The molecule has 0 atom stereocenters. The summed E-state index contributed by atoms with van der Waals surface area (Å²) in [7, 11) is 2.09. The van der Waals surface area contributed by atoms with E-state index in [1.807, 2.05) is 19.1 Å². The van der Waals surface area contributed by atoms with Gasteiger partial charge in [-0.3, -0.25) is 0 Å². The number of ether oxygens (including phenoxy) is 1. The van der Waals surface area contributed by atoms with E-state index >= 15 is 0 Å². The van der Waals surface area contributed by atoms with Crippen LogP contribution >= 0.6 is 0 Å². The SMILES string of the molecule is CCOc1ccc(N(C)c2ccc(-c3ccc4cc(C)ccc4c3)cc2)cc1. The molecule has 4 aromatic carbocycles. The Bertz CT molecular complexity index is 1080. The summed E-state index contributed by atoms with van der Waals surface area (Å²) < 4.78 is 5.53. The molecule has 2 heteroatoms. The molecule has 0 bridgehead atoms. The van der Waals surface area contributed by atoms with E-state index in [1.54, 1.807) is 0 Å². The number of anilines is 2. The lowest BCUT2D eigenvalue weighted by Gasteiger charge is -2.20. The van der Waals surface area contributed by atoms with Gasteiger partial charge < -0.3 is 9.64 Å². The van der Waals surface area contributed by atoms with Gasteiger partial charge in [0.2, 0.25) is 0 Å². The molecular formula is C26H25NO. The lowest BCUT2D eigenvalue weighted by Crippen LogP contribution is -2.09. The van der Waals surface area contributed by atoms with Crippen molar-refractivity contribution in [2.24, 2.45) is 0 Å². The summed E-state index contributed by atoms with van der Waals surface area (Å²) in [6.07, 6.45) is 0. The molecule has 0 saturated carbocycles. The molecule has 0 fully saturated rings. The molecule has 2 nitrogen and oxygen atoms in total. The molecule has 0 aliphatic rings. The van der Waals surface area contributed by atoms with Gasteiger partial charge in [-0.2, -0.15) is 0 Å². The second kappa shape index (κ2) is 7.77. The van der Waals surface area contributed by atoms with Gasteiger partial charge in [0.05, 0.1) is 6.61 Å². The zero-order valence-electron chi connectivity index (χ0n) is 16.6. The number of aryl methyl sites for hydroxylation is 1. The Balaban J connectivity index is 1.57. The van der Waals surface area contributed by atoms with Crippen LogP contribution in [0.15, 0.2) is 84.9 Å². The van der Waals surface area contributed by atoms with Crippen LogP contribution in [-0.4, -0.2) is 13.7 Å². The Labute approximate surface area is 167 Å². The maximum Gasteiger partial charge on any atom is 0.119 e. The molecule has 0 aliphatic carbocycles. The van der Waals surface area contributed by atoms with Gasteiger partial charge in [0.15, 0.2) is 0 Å². The molecule has 0 N–H and O–H groups in total. The van der Waals surface area contributed by atoms with Crippen LogP contribution in [0.1, 0.15) is 12.5 Å². The molecule has 0 saturated heterocycles. The highest BCUT2D eigenvalue weighted by atomic mass is 16.5. The average Bonchev–Trinajstić information content (AvgIpc) is 2.74. The third-order valence-electron chi connectivity index (χ3n) is 5.12. The van der Waals surface area contributed by atoms with Crippen molar-refractivity contribution >= 4 is 22.1 Å². The van der Waals surface area contributed by atoms with Crippen molar-refractivity contribution in [1.82, 2.24) is 0 Å². The van der Waals surface area contributed by atoms with Gasteiger partial charge in [-0.1, -0.05) is 48.0 Å². The van der Waals surface area contributed by atoms with Crippen LogP contribution in [0.3, 0.4) is 0 Å². The quantitative estimate of drug-likeness (QED) is 0.377. The molecule has 4 rings (SSSR count). The number of hydrogen-bond acceptors (Lipinski definition) is 2.